The number of carboxylic acids is 2. The van der Waals surface area contributed by atoms with Crippen LogP contribution in [-0.2, 0) is 22.4 Å². The first-order chi connectivity index (χ1) is 11.6. The molecular weight excluding hydrogens is 304 g/mol. The van der Waals surface area contributed by atoms with Crippen molar-refractivity contribution in [1.82, 2.24) is 0 Å². The van der Waals surface area contributed by atoms with Crippen LogP contribution >= 0.6 is 0 Å². The summed E-state index contributed by atoms with van der Waals surface area (Å²) in [6.07, 6.45) is 0.836. The molecule has 0 saturated heterocycles. The standard InChI is InChI=1S/C20H20O4/c21-19(22)12-11-18(20(23)24)17(13-15-7-3-1-4-8-15)14-16-9-5-2-6-10-16/h1-10H,11-14H2,(H,21,22)(H,23,24). The molecule has 4 nitrogen and oxygen atoms in total. The largest absolute Gasteiger partial charge is 0.481 e. The van der Waals surface area contributed by atoms with Crippen molar-refractivity contribution in [2.75, 3.05) is 0 Å². The van der Waals surface area contributed by atoms with E-state index in [2.05, 4.69) is 0 Å². The van der Waals surface area contributed by atoms with Gasteiger partial charge in [-0.15, -0.1) is 0 Å². The highest BCUT2D eigenvalue weighted by Gasteiger charge is 2.16. The first kappa shape index (κ1) is 17.5. The van der Waals surface area contributed by atoms with Gasteiger partial charge in [-0.1, -0.05) is 66.2 Å². The van der Waals surface area contributed by atoms with E-state index in [4.69, 9.17) is 5.11 Å². The monoisotopic (exact) mass is 324 g/mol. The summed E-state index contributed by atoms with van der Waals surface area (Å²) in [5.74, 6) is -2.04. The molecule has 0 heterocycles. The van der Waals surface area contributed by atoms with Gasteiger partial charge < -0.3 is 10.2 Å². The SMILES string of the molecule is O=C(O)CCC(C(=O)O)=C(Cc1ccccc1)Cc1ccccc1. The minimum atomic E-state index is -1.04. The quantitative estimate of drug-likeness (QED) is 0.726. The van der Waals surface area contributed by atoms with E-state index in [1.54, 1.807) is 0 Å². The third kappa shape index (κ3) is 5.39. The summed E-state index contributed by atoms with van der Waals surface area (Å²) in [7, 11) is 0. The molecule has 2 aromatic rings. The van der Waals surface area contributed by atoms with Crippen molar-refractivity contribution in [3.05, 3.63) is 82.9 Å². The summed E-state index contributed by atoms with van der Waals surface area (Å²) in [6, 6.07) is 19.2. The van der Waals surface area contributed by atoms with Gasteiger partial charge in [-0.3, -0.25) is 4.79 Å². The minimum absolute atomic E-state index is 0.0274. The Morgan fingerprint density at radius 3 is 1.54 bits per heavy atom. The maximum Gasteiger partial charge on any atom is 0.331 e. The lowest BCUT2D eigenvalue weighted by Gasteiger charge is -2.13. The van der Waals surface area contributed by atoms with Gasteiger partial charge >= 0.3 is 11.9 Å². The Balaban J connectivity index is 2.36. The molecular formula is C20H20O4. The van der Waals surface area contributed by atoms with Gasteiger partial charge in [0, 0.05) is 12.0 Å². The molecule has 0 bridgehead atoms. The molecule has 0 aliphatic heterocycles. The number of rotatable bonds is 8. The van der Waals surface area contributed by atoms with Gasteiger partial charge in [-0.25, -0.2) is 4.79 Å². The van der Waals surface area contributed by atoms with Crippen molar-refractivity contribution in [2.24, 2.45) is 0 Å². The molecule has 0 atom stereocenters. The molecule has 0 radical (unpaired) electrons. The summed E-state index contributed by atoms with van der Waals surface area (Å²) in [5, 5.41) is 18.5. The molecule has 0 aliphatic carbocycles. The van der Waals surface area contributed by atoms with Crippen molar-refractivity contribution in [2.45, 2.75) is 25.7 Å². The molecule has 2 N–H and O–H groups in total. The van der Waals surface area contributed by atoms with Crippen LogP contribution < -0.4 is 0 Å². The lowest BCUT2D eigenvalue weighted by atomic mass is 9.92. The van der Waals surface area contributed by atoms with Crippen LogP contribution in [0.1, 0.15) is 24.0 Å². The van der Waals surface area contributed by atoms with Crippen LogP contribution in [0.2, 0.25) is 0 Å². The van der Waals surface area contributed by atoms with Gasteiger partial charge in [-0.2, -0.15) is 0 Å². The van der Waals surface area contributed by atoms with E-state index in [9.17, 15) is 14.7 Å². The Bertz CT molecular complexity index is 674. The number of allylic oxidation sites excluding steroid dienone is 1. The van der Waals surface area contributed by atoms with Gasteiger partial charge in [-0.05, 0) is 30.4 Å². The molecule has 4 heteroatoms. The molecule has 0 aliphatic rings. The number of hydrogen-bond donors (Lipinski definition) is 2. The van der Waals surface area contributed by atoms with Crippen molar-refractivity contribution >= 4 is 11.9 Å². The maximum absolute atomic E-state index is 11.7. The Morgan fingerprint density at radius 1 is 0.708 bits per heavy atom. The number of aliphatic carboxylic acids is 2. The predicted octanol–water partition coefficient (Wildman–Crippen LogP) is 3.72. The highest BCUT2D eigenvalue weighted by molar-refractivity contribution is 5.88. The van der Waals surface area contributed by atoms with E-state index in [1.165, 1.54) is 0 Å². The summed E-state index contributed by atoms with van der Waals surface area (Å²) >= 11 is 0. The summed E-state index contributed by atoms with van der Waals surface area (Å²) in [5.41, 5.74) is 2.97. The van der Waals surface area contributed by atoms with Crippen LogP contribution in [0.15, 0.2) is 71.8 Å². The Labute approximate surface area is 141 Å². The van der Waals surface area contributed by atoms with Crippen molar-refractivity contribution in [3.8, 4) is 0 Å². The third-order valence-corrected chi connectivity index (χ3v) is 3.79. The zero-order valence-electron chi connectivity index (χ0n) is 13.3. The van der Waals surface area contributed by atoms with Gasteiger partial charge in [0.15, 0.2) is 0 Å². The number of hydrogen-bond acceptors (Lipinski definition) is 2. The lowest BCUT2D eigenvalue weighted by Crippen LogP contribution is -2.11. The average molecular weight is 324 g/mol. The lowest BCUT2D eigenvalue weighted by molar-refractivity contribution is -0.137. The number of benzene rings is 2. The highest BCUT2D eigenvalue weighted by Crippen LogP contribution is 2.21. The second-order valence-electron chi connectivity index (χ2n) is 5.61. The molecule has 0 spiro atoms. The van der Waals surface area contributed by atoms with E-state index < -0.39 is 11.9 Å². The fourth-order valence-corrected chi connectivity index (χ4v) is 2.63. The van der Waals surface area contributed by atoms with Gasteiger partial charge in [0.1, 0.15) is 0 Å². The smallest absolute Gasteiger partial charge is 0.331 e. The Morgan fingerprint density at radius 2 is 1.17 bits per heavy atom. The first-order valence-electron chi connectivity index (χ1n) is 7.80. The molecule has 124 valence electrons. The molecule has 0 saturated carbocycles. The zero-order chi connectivity index (χ0) is 17.4. The second kappa shape index (κ2) is 8.67. The second-order valence-corrected chi connectivity index (χ2v) is 5.61. The molecule has 0 amide bonds. The fraction of sp³-hybridized carbons (Fsp3) is 0.200. The molecule has 0 fully saturated rings. The summed E-state index contributed by atoms with van der Waals surface area (Å²) in [4.78, 5) is 22.5. The van der Waals surface area contributed by atoms with Crippen molar-refractivity contribution < 1.29 is 19.8 Å². The summed E-state index contributed by atoms with van der Waals surface area (Å²) in [6.45, 7) is 0. The third-order valence-electron chi connectivity index (χ3n) is 3.79. The van der Waals surface area contributed by atoms with Gasteiger partial charge in [0.05, 0.1) is 0 Å². The first-order valence-corrected chi connectivity index (χ1v) is 7.80. The normalized spacial score (nSPS) is 10.2. The van der Waals surface area contributed by atoms with E-state index >= 15 is 0 Å². The van der Waals surface area contributed by atoms with Crippen LogP contribution in [-0.4, -0.2) is 22.2 Å². The van der Waals surface area contributed by atoms with E-state index in [1.807, 2.05) is 60.7 Å². The number of carboxylic acid groups (broad SMARTS) is 2. The van der Waals surface area contributed by atoms with Crippen LogP contribution in [0, 0.1) is 0 Å². The molecule has 0 unspecified atom stereocenters. The molecule has 0 aromatic heterocycles. The van der Waals surface area contributed by atoms with Crippen LogP contribution in [0.4, 0.5) is 0 Å². The van der Waals surface area contributed by atoms with Crippen LogP contribution in [0.3, 0.4) is 0 Å². The van der Waals surface area contributed by atoms with Crippen LogP contribution in [0.5, 0.6) is 0 Å². The topological polar surface area (TPSA) is 74.6 Å². The molecule has 2 aromatic carbocycles. The van der Waals surface area contributed by atoms with Gasteiger partial charge in [0.2, 0.25) is 0 Å². The fourth-order valence-electron chi connectivity index (χ4n) is 2.63. The number of carbonyl (C=O) groups is 2. The van der Waals surface area contributed by atoms with E-state index in [-0.39, 0.29) is 18.4 Å². The average Bonchev–Trinajstić information content (AvgIpc) is 2.56. The van der Waals surface area contributed by atoms with E-state index in [0.717, 1.165) is 16.7 Å². The highest BCUT2D eigenvalue weighted by atomic mass is 16.4. The minimum Gasteiger partial charge on any atom is -0.481 e. The molecule has 24 heavy (non-hydrogen) atoms. The predicted molar refractivity (Wildman–Crippen MR) is 91.8 cm³/mol. The van der Waals surface area contributed by atoms with E-state index in [0.29, 0.717) is 12.8 Å². The Hall–Kier alpha value is -2.88. The van der Waals surface area contributed by atoms with Crippen molar-refractivity contribution in [3.63, 3.8) is 0 Å². The zero-order valence-corrected chi connectivity index (χ0v) is 13.3. The van der Waals surface area contributed by atoms with Crippen molar-refractivity contribution in [1.29, 1.82) is 0 Å². The molecule has 2 rings (SSSR count). The maximum atomic E-state index is 11.7. The summed E-state index contributed by atoms with van der Waals surface area (Å²) < 4.78 is 0. The van der Waals surface area contributed by atoms with Gasteiger partial charge in [0.25, 0.3) is 0 Å². The van der Waals surface area contributed by atoms with Crippen LogP contribution in [0.25, 0.3) is 0 Å². The Kier molecular flexibility index (Phi) is 6.32.